The minimum atomic E-state index is 0.242. The molecular formula is C16H28N4O. The molecule has 0 saturated carbocycles. The minimum Gasteiger partial charge on any atom is -0.395 e. The van der Waals surface area contributed by atoms with Crippen molar-refractivity contribution in [1.29, 1.82) is 0 Å². The lowest BCUT2D eigenvalue weighted by molar-refractivity contribution is 0.179. The van der Waals surface area contributed by atoms with Crippen molar-refractivity contribution in [3.8, 4) is 0 Å². The molecule has 0 aliphatic carbocycles. The first-order valence-electron chi connectivity index (χ1n) is 8.33. The number of aliphatic hydroxyl groups is 1. The van der Waals surface area contributed by atoms with Gasteiger partial charge >= 0.3 is 0 Å². The number of rotatable bonds is 5. The first-order valence-corrected chi connectivity index (χ1v) is 8.33. The van der Waals surface area contributed by atoms with Crippen LogP contribution in [0.3, 0.4) is 0 Å². The molecule has 0 radical (unpaired) electrons. The molecule has 3 rings (SSSR count). The Bertz CT molecular complexity index is 477. The zero-order valence-corrected chi connectivity index (χ0v) is 13.4. The fraction of sp³-hybridized carbons (Fsp3) is 0.812. The van der Waals surface area contributed by atoms with Crippen molar-refractivity contribution in [2.24, 2.45) is 0 Å². The van der Waals surface area contributed by atoms with Gasteiger partial charge in [-0.2, -0.15) is 5.10 Å². The van der Waals surface area contributed by atoms with Crippen molar-refractivity contribution in [2.45, 2.75) is 52.2 Å². The van der Waals surface area contributed by atoms with Crippen LogP contribution in [-0.4, -0.2) is 57.5 Å². The molecule has 0 aromatic carbocycles. The Labute approximate surface area is 127 Å². The molecule has 3 heterocycles. The van der Waals surface area contributed by atoms with Crippen molar-refractivity contribution in [1.82, 2.24) is 19.6 Å². The number of likely N-dealkylation sites (tertiary alicyclic amines) is 1. The number of aromatic nitrogens is 2. The smallest absolute Gasteiger partial charge is 0.0800 e. The Balaban J connectivity index is 1.83. The van der Waals surface area contributed by atoms with E-state index in [1.54, 1.807) is 0 Å². The van der Waals surface area contributed by atoms with Gasteiger partial charge in [0.25, 0.3) is 0 Å². The Morgan fingerprint density at radius 2 is 1.90 bits per heavy atom. The van der Waals surface area contributed by atoms with E-state index >= 15 is 0 Å². The van der Waals surface area contributed by atoms with Gasteiger partial charge in [0, 0.05) is 37.8 Å². The van der Waals surface area contributed by atoms with Crippen LogP contribution in [0.1, 0.15) is 49.7 Å². The van der Waals surface area contributed by atoms with Gasteiger partial charge < -0.3 is 5.11 Å². The van der Waals surface area contributed by atoms with Crippen molar-refractivity contribution < 1.29 is 5.11 Å². The first-order chi connectivity index (χ1) is 10.2. The van der Waals surface area contributed by atoms with Crippen LogP contribution in [0.5, 0.6) is 0 Å². The second-order valence-corrected chi connectivity index (χ2v) is 6.64. The van der Waals surface area contributed by atoms with Crippen LogP contribution in [0.4, 0.5) is 0 Å². The second-order valence-electron chi connectivity index (χ2n) is 6.64. The molecule has 0 spiro atoms. The van der Waals surface area contributed by atoms with Gasteiger partial charge in [-0.25, -0.2) is 0 Å². The van der Waals surface area contributed by atoms with Crippen LogP contribution < -0.4 is 0 Å². The fourth-order valence-corrected chi connectivity index (χ4v) is 3.61. The summed E-state index contributed by atoms with van der Waals surface area (Å²) >= 11 is 0. The Morgan fingerprint density at radius 1 is 1.14 bits per heavy atom. The molecule has 0 atom stereocenters. The van der Waals surface area contributed by atoms with Crippen LogP contribution in [-0.2, 0) is 19.5 Å². The van der Waals surface area contributed by atoms with E-state index in [2.05, 4.69) is 28.3 Å². The summed E-state index contributed by atoms with van der Waals surface area (Å²) in [7, 11) is 0. The molecular weight excluding hydrogens is 264 g/mol. The van der Waals surface area contributed by atoms with Gasteiger partial charge in [-0.15, -0.1) is 0 Å². The van der Waals surface area contributed by atoms with Gasteiger partial charge in [0.1, 0.15) is 0 Å². The van der Waals surface area contributed by atoms with Gasteiger partial charge in [0.2, 0.25) is 0 Å². The van der Waals surface area contributed by atoms with E-state index in [4.69, 9.17) is 10.2 Å². The molecule has 0 bridgehead atoms. The summed E-state index contributed by atoms with van der Waals surface area (Å²) < 4.78 is 2.21. The van der Waals surface area contributed by atoms with Crippen LogP contribution in [0.15, 0.2) is 0 Å². The average Bonchev–Trinajstić information content (AvgIpc) is 3.08. The lowest BCUT2D eigenvalue weighted by Crippen LogP contribution is -2.34. The topological polar surface area (TPSA) is 44.5 Å². The van der Waals surface area contributed by atoms with Crippen LogP contribution >= 0.6 is 0 Å². The van der Waals surface area contributed by atoms with E-state index in [9.17, 15) is 0 Å². The molecule has 1 fully saturated rings. The Morgan fingerprint density at radius 3 is 2.57 bits per heavy atom. The standard InChI is InChI=1S/C16H28N4O/c1-13(2)20-16-12-19(9-10-21)8-5-14(16)15(17-20)11-18-6-3-4-7-18/h13,21H,3-12H2,1-2H3. The summed E-state index contributed by atoms with van der Waals surface area (Å²) in [6.45, 7) is 10.9. The zero-order chi connectivity index (χ0) is 14.8. The third-order valence-electron chi connectivity index (χ3n) is 4.73. The quantitative estimate of drug-likeness (QED) is 0.891. The number of aliphatic hydroxyl groups excluding tert-OH is 1. The van der Waals surface area contributed by atoms with Gasteiger partial charge in [-0.05, 0) is 46.2 Å². The molecule has 5 nitrogen and oxygen atoms in total. The highest BCUT2D eigenvalue weighted by molar-refractivity contribution is 5.29. The molecule has 2 aliphatic rings. The minimum absolute atomic E-state index is 0.242. The summed E-state index contributed by atoms with van der Waals surface area (Å²) in [4.78, 5) is 4.87. The average molecular weight is 292 g/mol. The Kier molecular flexibility index (Phi) is 4.62. The summed E-state index contributed by atoms with van der Waals surface area (Å²) in [5.41, 5.74) is 4.15. The SMILES string of the molecule is CC(C)n1nc(CN2CCCC2)c2c1CN(CCO)CC2. The van der Waals surface area contributed by atoms with E-state index in [0.717, 1.165) is 32.6 Å². The van der Waals surface area contributed by atoms with Gasteiger partial charge in [-0.3, -0.25) is 14.5 Å². The van der Waals surface area contributed by atoms with E-state index in [-0.39, 0.29) is 6.61 Å². The van der Waals surface area contributed by atoms with E-state index in [1.807, 2.05) is 0 Å². The molecule has 1 aromatic rings. The number of hydrogen-bond donors (Lipinski definition) is 1. The van der Waals surface area contributed by atoms with Crippen LogP contribution in [0.2, 0.25) is 0 Å². The number of β-amino-alcohol motifs (C(OH)–C–C–N with tert-alkyl or cyclic N) is 1. The summed E-state index contributed by atoms with van der Waals surface area (Å²) in [5.74, 6) is 0. The molecule has 1 N–H and O–H groups in total. The zero-order valence-electron chi connectivity index (χ0n) is 13.4. The van der Waals surface area contributed by atoms with Gasteiger partial charge in [0.15, 0.2) is 0 Å². The molecule has 2 aliphatic heterocycles. The molecule has 118 valence electrons. The third kappa shape index (κ3) is 3.15. The monoisotopic (exact) mass is 292 g/mol. The van der Waals surface area contributed by atoms with E-state index < -0.39 is 0 Å². The largest absolute Gasteiger partial charge is 0.395 e. The molecule has 5 heteroatoms. The highest BCUT2D eigenvalue weighted by atomic mass is 16.3. The highest BCUT2D eigenvalue weighted by Gasteiger charge is 2.26. The van der Waals surface area contributed by atoms with E-state index in [0.29, 0.717) is 6.04 Å². The molecule has 21 heavy (non-hydrogen) atoms. The highest BCUT2D eigenvalue weighted by Crippen LogP contribution is 2.26. The third-order valence-corrected chi connectivity index (χ3v) is 4.73. The van der Waals surface area contributed by atoms with Crippen molar-refractivity contribution in [3.05, 3.63) is 17.0 Å². The summed E-state index contributed by atoms with van der Waals surface area (Å²) in [5, 5.41) is 14.1. The van der Waals surface area contributed by atoms with Gasteiger partial charge in [0.05, 0.1) is 18.0 Å². The predicted molar refractivity (Wildman–Crippen MR) is 83.2 cm³/mol. The molecule has 1 saturated heterocycles. The Hall–Kier alpha value is -0.910. The first kappa shape index (κ1) is 15.0. The van der Waals surface area contributed by atoms with Gasteiger partial charge in [-0.1, -0.05) is 0 Å². The molecule has 0 unspecified atom stereocenters. The maximum atomic E-state index is 9.17. The lowest BCUT2D eigenvalue weighted by atomic mass is 10.0. The lowest BCUT2D eigenvalue weighted by Gasteiger charge is -2.28. The molecule has 0 amide bonds. The number of hydrogen-bond acceptors (Lipinski definition) is 4. The van der Waals surface area contributed by atoms with Crippen molar-refractivity contribution in [2.75, 3.05) is 32.8 Å². The van der Waals surface area contributed by atoms with E-state index in [1.165, 1.54) is 42.9 Å². The van der Waals surface area contributed by atoms with Crippen LogP contribution in [0.25, 0.3) is 0 Å². The summed E-state index contributed by atoms with van der Waals surface area (Å²) in [6, 6.07) is 0.403. The van der Waals surface area contributed by atoms with Crippen LogP contribution in [0, 0.1) is 0 Å². The molecule has 1 aromatic heterocycles. The second kappa shape index (κ2) is 6.46. The number of fused-ring (bicyclic) bond motifs is 1. The maximum Gasteiger partial charge on any atom is 0.0800 e. The normalized spacial score (nSPS) is 20.4. The van der Waals surface area contributed by atoms with Crippen molar-refractivity contribution >= 4 is 0 Å². The fourth-order valence-electron chi connectivity index (χ4n) is 3.61. The number of nitrogens with zero attached hydrogens (tertiary/aromatic N) is 4. The predicted octanol–water partition coefficient (Wildman–Crippen LogP) is 1.41. The van der Waals surface area contributed by atoms with Crippen molar-refractivity contribution in [3.63, 3.8) is 0 Å². The maximum absolute atomic E-state index is 9.17. The summed E-state index contributed by atoms with van der Waals surface area (Å²) in [6.07, 6.45) is 3.74.